The third kappa shape index (κ3) is 33.3. The second kappa shape index (κ2) is 38.6. The Morgan fingerprint density at radius 3 is 1.27 bits per heavy atom. The van der Waals surface area contributed by atoms with Crippen molar-refractivity contribution in [3.8, 4) is 0 Å². The zero-order valence-electron chi connectivity index (χ0n) is 32.1. The molecule has 0 heterocycles. The Morgan fingerprint density at radius 2 is 0.854 bits per heavy atom. The van der Waals surface area contributed by atoms with Crippen molar-refractivity contribution in [2.75, 3.05) is 6.61 Å². The van der Waals surface area contributed by atoms with Crippen LogP contribution >= 0.6 is 0 Å². The fourth-order valence-electron chi connectivity index (χ4n) is 6.44. The van der Waals surface area contributed by atoms with Gasteiger partial charge in [-0.15, -0.1) is 0 Å². The monoisotopic (exact) mass is 678 g/mol. The molecule has 0 aromatic rings. The zero-order valence-corrected chi connectivity index (χ0v) is 32.1. The van der Waals surface area contributed by atoms with Gasteiger partial charge < -0.3 is 20.6 Å². The number of aliphatic hydroxyl groups excluding tert-OH is 3. The van der Waals surface area contributed by atoms with Crippen LogP contribution in [0.4, 0.5) is 0 Å². The summed E-state index contributed by atoms with van der Waals surface area (Å²) in [4.78, 5) is 12.4. The number of carbonyl (C=O) groups is 1. The molecule has 3 unspecified atom stereocenters. The normalized spacial score (nSPS) is 13.9. The van der Waals surface area contributed by atoms with E-state index in [0.717, 1.165) is 38.5 Å². The Kier molecular flexibility index (Phi) is 37.7. The predicted octanol–water partition coefficient (Wildman–Crippen LogP) is 11.8. The lowest BCUT2D eigenvalue weighted by Crippen LogP contribution is -2.48. The molecule has 4 N–H and O–H groups in total. The van der Waals surface area contributed by atoms with E-state index in [-0.39, 0.29) is 6.61 Å². The van der Waals surface area contributed by atoms with Crippen LogP contribution in [0.25, 0.3) is 0 Å². The van der Waals surface area contributed by atoms with E-state index >= 15 is 0 Å². The van der Waals surface area contributed by atoms with Crippen molar-refractivity contribution in [1.82, 2.24) is 5.32 Å². The second-order valence-corrected chi connectivity index (χ2v) is 14.6. The van der Waals surface area contributed by atoms with E-state index in [2.05, 4.69) is 31.3 Å². The first kappa shape index (κ1) is 46.8. The summed E-state index contributed by atoms with van der Waals surface area (Å²) in [6.45, 7) is 4.17. The molecular weight excluding hydrogens is 594 g/mol. The Bertz CT molecular complexity index is 709. The molecule has 284 valence electrons. The van der Waals surface area contributed by atoms with E-state index in [0.29, 0.717) is 6.42 Å². The molecular formula is C43H83NO4. The number of rotatable bonds is 38. The number of hydrogen-bond donors (Lipinski definition) is 4. The lowest BCUT2D eigenvalue weighted by Gasteiger charge is -2.21. The van der Waals surface area contributed by atoms with Gasteiger partial charge in [-0.05, 0) is 32.1 Å². The fourth-order valence-corrected chi connectivity index (χ4v) is 6.44. The van der Waals surface area contributed by atoms with E-state index in [1.54, 1.807) is 6.08 Å². The third-order valence-electron chi connectivity index (χ3n) is 9.79. The van der Waals surface area contributed by atoms with Gasteiger partial charge in [-0.2, -0.15) is 0 Å². The highest BCUT2D eigenvalue weighted by Crippen LogP contribution is 2.15. The maximum Gasteiger partial charge on any atom is 0.249 e. The van der Waals surface area contributed by atoms with Gasteiger partial charge in [0.25, 0.3) is 0 Å². The summed E-state index contributed by atoms with van der Waals surface area (Å²) >= 11 is 0. The minimum absolute atomic E-state index is 0.373. The van der Waals surface area contributed by atoms with Crippen LogP contribution in [-0.2, 0) is 4.79 Å². The maximum absolute atomic E-state index is 12.4. The lowest BCUT2D eigenvalue weighted by atomic mass is 10.0. The van der Waals surface area contributed by atoms with Gasteiger partial charge in [0.05, 0.1) is 18.8 Å². The molecule has 0 radical (unpaired) electrons. The van der Waals surface area contributed by atoms with Crippen LogP contribution in [0.5, 0.6) is 0 Å². The van der Waals surface area contributed by atoms with Crippen molar-refractivity contribution in [2.24, 2.45) is 0 Å². The van der Waals surface area contributed by atoms with Crippen molar-refractivity contribution in [3.63, 3.8) is 0 Å². The molecule has 0 rings (SSSR count). The molecule has 48 heavy (non-hydrogen) atoms. The highest BCUT2D eigenvalue weighted by Gasteiger charge is 2.22. The number of unbranched alkanes of at least 4 members (excludes halogenated alkanes) is 28. The minimum atomic E-state index is -1.10. The van der Waals surface area contributed by atoms with Gasteiger partial charge in [0.1, 0.15) is 6.10 Å². The summed E-state index contributed by atoms with van der Waals surface area (Å²) in [6.07, 6.45) is 46.3. The molecule has 0 aliphatic carbocycles. The first-order valence-corrected chi connectivity index (χ1v) is 21.2. The van der Waals surface area contributed by atoms with Crippen molar-refractivity contribution >= 4 is 5.91 Å². The van der Waals surface area contributed by atoms with Gasteiger partial charge in [-0.3, -0.25) is 4.79 Å². The standard InChI is InChI=1S/C43H83NO4/c1-3-5-7-9-11-13-15-17-19-21-22-24-26-28-30-32-34-36-38-42(47)43(48)44-40(39-45)41(46)37-35-33-31-29-27-25-23-20-18-16-14-12-10-8-6-4-2/h27,29,35,37,40-42,45-47H,3-26,28,30-34,36,38-39H2,1-2H3,(H,44,48)/b29-27+,37-35+. The number of carbonyl (C=O) groups excluding carboxylic acids is 1. The van der Waals surface area contributed by atoms with Gasteiger partial charge >= 0.3 is 0 Å². The van der Waals surface area contributed by atoms with Gasteiger partial charge in [0.15, 0.2) is 0 Å². The van der Waals surface area contributed by atoms with Gasteiger partial charge in [0, 0.05) is 0 Å². The minimum Gasteiger partial charge on any atom is -0.394 e. The van der Waals surface area contributed by atoms with Crippen molar-refractivity contribution in [1.29, 1.82) is 0 Å². The number of amides is 1. The summed E-state index contributed by atoms with van der Waals surface area (Å²) in [5.74, 6) is -0.511. The molecule has 0 aromatic heterocycles. The molecule has 1 amide bonds. The molecule has 0 saturated heterocycles. The summed E-state index contributed by atoms with van der Waals surface area (Å²) in [6, 6.07) is -0.810. The number of nitrogens with one attached hydrogen (secondary N) is 1. The largest absolute Gasteiger partial charge is 0.394 e. The molecule has 0 aliphatic heterocycles. The Morgan fingerprint density at radius 1 is 0.500 bits per heavy atom. The molecule has 5 nitrogen and oxygen atoms in total. The van der Waals surface area contributed by atoms with Crippen LogP contribution in [-0.4, -0.2) is 46.1 Å². The van der Waals surface area contributed by atoms with Crippen LogP contribution in [0.15, 0.2) is 24.3 Å². The highest BCUT2D eigenvalue weighted by atomic mass is 16.3. The SMILES string of the molecule is CCCCCCCCCCCC/C=C/CC/C=C/C(O)C(CO)NC(=O)C(O)CCCCCCCCCCCCCCCCCCCC. The average molecular weight is 678 g/mol. The van der Waals surface area contributed by atoms with Gasteiger partial charge in [-0.25, -0.2) is 0 Å². The maximum atomic E-state index is 12.4. The van der Waals surface area contributed by atoms with E-state index in [1.807, 2.05) is 6.08 Å². The van der Waals surface area contributed by atoms with Gasteiger partial charge in [0.2, 0.25) is 5.91 Å². The Hall–Kier alpha value is -1.17. The lowest BCUT2D eigenvalue weighted by molar-refractivity contribution is -0.131. The zero-order chi connectivity index (χ0) is 35.2. The molecule has 0 aliphatic rings. The summed E-state index contributed by atoms with van der Waals surface area (Å²) in [5, 5.41) is 33.1. The van der Waals surface area contributed by atoms with E-state index in [1.165, 1.54) is 161 Å². The molecule has 0 fully saturated rings. The van der Waals surface area contributed by atoms with Crippen molar-refractivity contribution in [2.45, 2.75) is 238 Å². The number of hydrogen-bond acceptors (Lipinski definition) is 4. The van der Waals surface area contributed by atoms with E-state index < -0.39 is 24.2 Å². The van der Waals surface area contributed by atoms with E-state index in [9.17, 15) is 20.1 Å². The Balaban J connectivity index is 3.71. The first-order chi connectivity index (χ1) is 23.6. The molecule has 0 bridgehead atoms. The van der Waals surface area contributed by atoms with Gasteiger partial charge in [-0.1, -0.05) is 212 Å². The van der Waals surface area contributed by atoms with Crippen LogP contribution in [0.3, 0.4) is 0 Å². The van der Waals surface area contributed by atoms with Crippen molar-refractivity contribution in [3.05, 3.63) is 24.3 Å². The smallest absolute Gasteiger partial charge is 0.249 e. The number of aliphatic hydroxyl groups is 3. The van der Waals surface area contributed by atoms with Crippen LogP contribution in [0.1, 0.15) is 219 Å². The quantitative estimate of drug-likeness (QED) is 0.0387. The molecule has 0 saturated carbocycles. The number of allylic oxidation sites excluding steroid dienone is 3. The van der Waals surface area contributed by atoms with Crippen LogP contribution < -0.4 is 5.32 Å². The fraction of sp³-hybridized carbons (Fsp3) is 0.884. The predicted molar refractivity (Wildman–Crippen MR) is 208 cm³/mol. The molecule has 5 heteroatoms. The molecule has 0 aromatic carbocycles. The topological polar surface area (TPSA) is 89.8 Å². The Labute approximate surface area is 299 Å². The summed E-state index contributed by atoms with van der Waals surface area (Å²) < 4.78 is 0. The molecule has 3 atom stereocenters. The third-order valence-corrected chi connectivity index (χ3v) is 9.79. The molecule has 0 spiro atoms. The summed E-state index contributed by atoms with van der Waals surface area (Å²) in [7, 11) is 0. The van der Waals surface area contributed by atoms with E-state index in [4.69, 9.17) is 0 Å². The van der Waals surface area contributed by atoms with Crippen molar-refractivity contribution < 1.29 is 20.1 Å². The second-order valence-electron chi connectivity index (χ2n) is 14.6. The summed E-state index contributed by atoms with van der Waals surface area (Å²) in [5.41, 5.74) is 0. The van der Waals surface area contributed by atoms with Crippen LogP contribution in [0.2, 0.25) is 0 Å². The highest BCUT2D eigenvalue weighted by molar-refractivity contribution is 5.80. The average Bonchev–Trinajstić information content (AvgIpc) is 3.09. The van der Waals surface area contributed by atoms with Crippen LogP contribution in [0, 0.1) is 0 Å². The first-order valence-electron chi connectivity index (χ1n) is 21.2.